The predicted molar refractivity (Wildman–Crippen MR) is 82.1 cm³/mol. The third-order valence-corrected chi connectivity index (χ3v) is 4.90. The van der Waals surface area contributed by atoms with Gasteiger partial charge in [-0.1, -0.05) is 37.4 Å². The number of benzene rings is 1. The molecule has 0 saturated heterocycles. The highest BCUT2D eigenvalue weighted by Gasteiger charge is 2.20. The maximum atomic E-state index is 12.2. The van der Waals surface area contributed by atoms with Crippen molar-refractivity contribution in [2.45, 2.75) is 31.3 Å². The molecule has 0 aliphatic carbocycles. The fourth-order valence-electron chi connectivity index (χ4n) is 1.54. The van der Waals surface area contributed by atoms with Crippen molar-refractivity contribution in [3.8, 4) is 12.3 Å². The lowest BCUT2D eigenvalue weighted by Gasteiger charge is -2.15. The Labute approximate surface area is 126 Å². The Bertz CT molecular complexity index is 606. The second kappa shape index (κ2) is 7.09. The summed E-state index contributed by atoms with van der Waals surface area (Å²) in [4.78, 5) is 0.147. The minimum absolute atomic E-state index is 0.0244. The van der Waals surface area contributed by atoms with Gasteiger partial charge in [-0.15, -0.1) is 6.42 Å². The summed E-state index contributed by atoms with van der Waals surface area (Å²) in [5.41, 5.74) is 0.860. The smallest absolute Gasteiger partial charge is 0.243 e. The van der Waals surface area contributed by atoms with Gasteiger partial charge in [-0.25, -0.2) is 8.42 Å². The lowest BCUT2D eigenvalue weighted by Crippen LogP contribution is -2.27. The van der Waals surface area contributed by atoms with E-state index in [1.54, 1.807) is 12.1 Å². The summed E-state index contributed by atoms with van der Waals surface area (Å²) in [5.74, 6) is 2.31. The van der Waals surface area contributed by atoms with Gasteiger partial charge in [-0.2, -0.15) is 4.31 Å². The molecule has 0 fully saturated rings. The number of rotatable bonds is 6. The van der Waals surface area contributed by atoms with Crippen LogP contribution in [0.3, 0.4) is 0 Å². The number of halogens is 1. The van der Waals surface area contributed by atoms with Crippen molar-refractivity contribution in [3.63, 3.8) is 0 Å². The molecule has 1 aromatic carbocycles. The van der Waals surface area contributed by atoms with Gasteiger partial charge in [-0.05, 0) is 17.7 Å². The summed E-state index contributed by atoms with van der Waals surface area (Å²) in [6, 6.07) is 5.05. The molecule has 0 aliphatic rings. The molecule has 0 atom stereocenters. The molecule has 0 bridgehead atoms. The number of nitrogens with zero attached hydrogens (tertiary/aromatic N) is 1. The van der Waals surface area contributed by atoms with Crippen molar-refractivity contribution in [1.82, 2.24) is 9.62 Å². The average molecular weight is 315 g/mol. The Morgan fingerprint density at radius 2 is 2.10 bits per heavy atom. The van der Waals surface area contributed by atoms with E-state index in [0.717, 1.165) is 9.87 Å². The van der Waals surface area contributed by atoms with Crippen LogP contribution in [0.2, 0.25) is 5.02 Å². The second-order valence-electron chi connectivity index (χ2n) is 4.75. The molecule has 20 heavy (non-hydrogen) atoms. The summed E-state index contributed by atoms with van der Waals surface area (Å²) in [7, 11) is -2.14. The van der Waals surface area contributed by atoms with Crippen LogP contribution in [0.15, 0.2) is 23.1 Å². The molecule has 0 aromatic heterocycles. The minimum atomic E-state index is -3.59. The molecule has 1 aromatic rings. The molecule has 0 spiro atoms. The van der Waals surface area contributed by atoms with Crippen LogP contribution in [0.4, 0.5) is 0 Å². The molecule has 0 unspecified atom stereocenters. The minimum Gasteiger partial charge on any atom is -0.310 e. The largest absolute Gasteiger partial charge is 0.310 e. The van der Waals surface area contributed by atoms with Crippen LogP contribution in [-0.2, 0) is 16.6 Å². The Morgan fingerprint density at radius 3 is 2.60 bits per heavy atom. The number of terminal acetylenes is 1. The van der Waals surface area contributed by atoms with Crippen LogP contribution in [0.1, 0.15) is 19.4 Å². The van der Waals surface area contributed by atoms with E-state index >= 15 is 0 Å². The van der Waals surface area contributed by atoms with Crippen molar-refractivity contribution in [3.05, 3.63) is 28.8 Å². The van der Waals surface area contributed by atoms with Gasteiger partial charge in [-0.3, -0.25) is 0 Å². The van der Waals surface area contributed by atoms with E-state index in [2.05, 4.69) is 11.2 Å². The van der Waals surface area contributed by atoms with Crippen molar-refractivity contribution < 1.29 is 8.42 Å². The molecule has 1 rings (SSSR count). The first-order valence-electron chi connectivity index (χ1n) is 6.20. The third-order valence-electron chi connectivity index (χ3n) is 2.75. The van der Waals surface area contributed by atoms with E-state index < -0.39 is 10.0 Å². The molecule has 1 N–H and O–H groups in total. The summed E-state index contributed by atoms with van der Waals surface area (Å²) < 4.78 is 25.5. The van der Waals surface area contributed by atoms with Crippen LogP contribution in [0.25, 0.3) is 0 Å². The predicted octanol–water partition coefficient (Wildman–Crippen LogP) is 2.09. The van der Waals surface area contributed by atoms with Gasteiger partial charge in [0.05, 0.1) is 11.4 Å². The van der Waals surface area contributed by atoms with Crippen molar-refractivity contribution in [2.24, 2.45) is 0 Å². The normalized spacial score (nSPS) is 11.8. The Morgan fingerprint density at radius 1 is 1.45 bits per heavy atom. The van der Waals surface area contributed by atoms with Crippen molar-refractivity contribution in [2.75, 3.05) is 13.6 Å². The topological polar surface area (TPSA) is 49.4 Å². The fraction of sp³-hybridized carbons (Fsp3) is 0.429. The molecule has 0 radical (unpaired) electrons. The highest BCUT2D eigenvalue weighted by Crippen LogP contribution is 2.22. The zero-order valence-corrected chi connectivity index (χ0v) is 13.4. The molecule has 0 saturated carbocycles. The van der Waals surface area contributed by atoms with E-state index in [1.165, 1.54) is 13.1 Å². The quantitative estimate of drug-likeness (QED) is 0.818. The number of sulfonamides is 1. The van der Waals surface area contributed by atoms with Gasteiger partial charge < -0.3 is 5.32 Å². The van der Waals surface area contributed by atoms with Crippen LogP contribution in [0, 0.1) is 12.3 Å². The van der Waals surface area contributed by atoms with Crippen LogP contribution in [0.5, 0.6) is 0 Å². The summed E-state index contributed by atoms with van der Waals surface area (Å²) in [6.07, 6.45) is 5.14. The highest BCUT2D eigenvalue weighted by atomic mass is 35.5. The molecular formula is C14H19ClN2O2S. The Kier molecular flexibility index (Phi) is 6.03. The van der Waals surface area contributed by atoms with E-state index in [0.29, 0.717) is 17.6 Å². The van der Waals surface area contributed by atoms with Gasteiger partial charge in [0.1, 0.15) is 0 Å². The molecule has 6 heteroatoms. The van der Waals surface area contributed by atoms with Gasteiger partial charge in [0.15, 0.2) is 0 Å². The maximum Gasteiger partial charge on any atom is 0.243 e. The van der Waals surface area contributed by atoms with E-state index in [-0.39, 0.29) is 11.4 Å². The monoisotopic (exact) mass is 314 g/mol. The maximum absolute atomic E-state index is 12.2. The first-order valence-corrected chi connectivity index (χ1v) is 8.02. The first kappa shape index (κ1) is 17.0. The third kappa shape index (κ3) is 4.22. The molecule has 4 nitrogen and oxygen atoms in total. The van der Waals surface area contributed by atoms with Crippen LogP contribution < -0.4 is 5.32 Å². The van der Waals surface area contributed by atoms with Gasteiger partial charge in [0, 0.05) is 24.7 Å². The summed E-state index contributed by atoms with van der Waals surface area (Å²) in [6.45, 7) is 4.68. The molecule has 0 amide bonds. The Hall–Kier alpha value is -1.06. The van der Waals surface area contributed by atoms with E-state index in [9.17, 15) is 8.42 Å². The standard InChI is InChI=1S/C14H19ClN2O2S/c1-5-8-17(4)20(18,19)13-7-6-12(14(15)9-13)10-16-11(2)3/h1,6-7,9,11,16H,8,10H2,2-4H3. The summed E-state index contributed by atoms with van der Waals surface area (Å²) in [5, 5.41) is 3.66. The zero-order chi connectivity index (χ0) is 15.3. The lowest BCUT2D eigenvalue weighted by molar-refractivity contribution is 0.503. The highest BCUT2D eigenvalue weighted by molar-refractivity contribution is 7.89. The lowest BCUT2D eigenvalue weighted by atomic mass is 10.2. The van der Waals surface area contributed by atoms with Crippen molar-refractivity contribution >= 4 is 21.6 Å². The van der Waals surface area contributed by atoms with E-state index in [4.69, 9.17) is 18.0 Å². The Balaban J connectivity index is 3.00. The first-order chi connectivity index (χ1) is 9.28. The fourth-order valence-corrected chi connectivity index (χ4v) is 2.96. The average Bonchev–Trinajstić information content (AvgIpc) is 2.37. The summed E-state index contributed by atoms with van der Waals surface area (Å²) >= 11 is 6.14. The second-order valence-corrected chi connectivity index (χ2v) is 7.21. The van der Waals surface area contributed by atoms with E-state index in [1.807, 2.05) is 13.8 Å². The van der Waals surface area contributed by atoms with Crippen molar-refractivity contribution in [1.29, 1.82) is 0 Å². The number of hydrogen-bond donors (Lipinski definition) is 1. The zero-order valence-electron chi connectivity index (χ0n) is 11.9. The number of nitrogens with one attached hydrogen (secondary N) is 1. The van der Waals surface area contributed by atoms with Gasteiger partial charge in [0.2, 0.25) is 10.0 Å². The van der Waals surface area contributed by atoms with Gasteiger partial charge >= 0.3 is 0 Å². The molecule has 0 aliphatic heterocycles. The molecule has 110 valence electrons. The molecule has 0 heterocycles. The SMILES string of the molecule is C#CCN(C)S(=O)(=O)c1ccc(CNC(C)C)c(Cl)c1. The van der Waals surface area contributed by atoms with Crippen LogP contribution in [-0.4, -0.2) is 32.4 Å². The number of hydrogen-bond acceptors (Lipinski definition) is 3. The molecular weight excluding hydrogens is 296 g/mol. The van der Waals surface area contributed by atoms with Gasteiger partial charge in [0.25, 0.3) is 0 Å². The van der Waals surface area contributed by atoms with Crippen LogP contribution >= 0.6 is 11.6 Å².